The first-order valence-corrected chi connectivity index (χ1v) is 9.46. The van der Waals surface area contributed by atoms with E-state index in [1.54, 1.807) is 0 Å². The average Bonchev–Trinajstić information content (AvgIpc) is 2.46. The molecule has 22 heavy (non-hydrogen) atoms. The second kappa shape index (κ2) is 7.40. The smallest absolute Gasteiger partial charge is 0.0286 e. The maximum absolute atomic E-state index is 2.62. The Morgan fingerprint density at radius 2 is 1.14 bits per heavy atom. The summed E-state index contributed by atoms with van der Waals surface area (Å²) >= 11 is 0. The molecular weight excluding hydrogens is 285 g/mol. The van der Waals surface area contributed by atoms with Gasteiger partial charge in [-0.2, -0.15) is 0 Å². The monoisotopic (exact) mass is 313 g/mol. The molecule has 0 aliphatic heterocycles. The summed E-state index contributed by atoms with van der Waals surface area (Å²) in [6.07, 6.45) is 0. The first-order valence-electron chi connectivity index (χ1n) is 8.17. The molecule has 0 aromatic heterocycles. The molecule has 0 fully saturated rings. The largest absolute Gasteiger partial charge is 0.275 e. The normalized spacial score (nSPS) is 11.5. The highest BCUT2D eigenvalue weighted by molar-refractivity contribution is 7.71. The number of nitrogens with zero attached hydrogens (tertiary/aromatic N) is 1. The van der Waals surface area contributed by atoms with Gasteiger partial charge in [-0.05, 0) is 62.5 Å². The molecule has 0 aliphatic rings. The second-order valence-corrected chi connectivity index (χ2v) is 8.18. The van der Waals surface area contributed by atoms with Gasteiger partial charge in [-0.1, -0.05) is 61.4 Å². The van der Waals surface area contributed by atoms with E-state index in [9.17, 15) is 0 Å². The molecule has 2 rings (SSSR count). The third-order valence-corrected chi connectivity index (χ3v) is 7.22. The molecule has 0 amide bonds. The minimum absolute atomic E-state index is 0.448. The third-order valence-electron chi connectivity index (χ3n) is 4.17. The Morgan fingerprint density at radius 3 is 1.45 bits per heavy atom. The van der Waals surface area contributed by atoms with E-state index in [0.717, 1.165) is 13.1 Å². The quantitative estimate of drug-likeness (QED) is 0.729. The zero-order chi connectivity index (χ0) is 16.3. The molecule has 0 heterocycles. The number of hydrogen-bond donors (Lipinski definition) is 0. The van der Waals surface area contributed by atoms with Crippen LogP contribution < -0.4 is 10.6 Å². The van der Waals surface area contributed by atoms with Gasteiger partial charge in [0, 0.05) is 8.07 Å². The lowest BCUT2D eigenvalue weighted by atomic mass is 10.2. The van der Waals surface area contributed by atoms with E-state index in [1.807, 2.05) is 0 Å². The van der Waals surface area contributed by atoms with Crippen LogP contribution in [-0.4, -0.2) is 17.8 Å². The van der Waals surface area contributed by atoms with Crippen molar-refractivity contribution in [3.8, 4) is 0 Å². The molecule has 0 unspecified atom stereocenters. The molecule has 0 saturated carbocycles. The summed E-state index contributed by atoms with van der Waals surface area (Å²) in [5, 5.41) is 2.99. The minimum Gasteiger partial charge on any atom is -0.275 e. The molecule has 0 N–H and O–H groups in total. The van der Waals surface area contributed by atoms with Gasteiger partial charge >= 0.3 is 0 Å². The van der Waals surface area contributed by atoms with Crippen LogP contribution in [0.1, 0.15) is 36.1 Å². The topological polar surface area (TPSA) is 3.24 Å². The molecule has 2 heteroatoms. The Balaban J connectivity index is 2.60. The zero-order valence-corrected chi connectivity index (χ0v) is 15.7. The van der Waals surface area contributed by atoms with Crippen LogP contribution in [0.5, 0.6) is 0 Å². The van der Waals surface area contributed by atoms with Gasteiger partial charge in [-0.25, -0.2) is 0 Å². The SMILES string of the molecule is CCN(CC)P(c1ccc(C)cc1C)c1ccc(C)cc1C. The van der Waals surface area contributed by atoms with Gasteiger partial charge in [-0.15, -0.1) is 0 Å². The Bertz CT molecular complexity index is 593. The Kier molecular flexibility index (Phi) is 5.78. The van der Waals surface area contributed by atoms with E-state index in [2.05, 4.69) is 82.6 Å². The molecule has 0 atom stereocenters. The first kappa shape index (κ1) is 17.2. The molecule has 0 bridgehead atoms. The van der Waals surface area contributed by atoms with E-state index < -0.39 is 8.07 Å². The van der Waals surface area contributed by atoms with E-state index in [1.165, 1.54) is 32.9 Å². The maximum Gasteiger partial charge on any atom is 0.0286 e. The van der Waals surface area contributed by atoms with Crippen molar-refractivity contribution in [3.63, 3.8) is 0 Å². The number of rotatable bonds is 5. The lowest BCUT2D eigenvalue weighted by Crippen LogP contribution is -2.30. The fourth-order valence-electron chi connectivity index (χ4n) is 3.03. The number of hydrogen-bond acceptors (Lipinski definition) is 1. The molecule has 0 spiro atoms. The van der Waals surface area contributed by atoms with Crippen molar-refractivity contribution in [3.05, 3.63) is 58.7 Å². The van der Waals surface area contributed by atoms with Crippen molar-refractivity contribution in [1.29, 1.82) is 0 Å². The molecule has 1 nitrogen and oxygen atoms in total. The third kappa shape index (κ3) is 3.59. The predicted octanol–water partition coefficient (Wildman–Crippen LogP) is 4.61. The fraction of sp³-hybridized carbons (Fsp3) is 0.400. The van der Waals surface area contributed by atoms with Crippen LogP contribution in [0, 0.1) is 27.7 Å². The molecule has 0 radical (unpaired) electrons. The summed E-state index contributed by atoms with van der Waals surface area (Å²) in [6.45, 7) is 15.6. The van der Waals surface area contributed by atoms with E-state index in [0.29, 0.717) is 0 Å². The molecule has 0 aliphatic carbocycles. The summed E-state index contributed by atoms with van der Waals surface area (Å²) in [6, 6.07) is 13.8. The van der Waals surface area contributed by atoms with E-state index in [4.69, 9.17) is 0 Å². The van der Waals surface area contributed by atoms with Crippen molar-refractivity contribution in [2.75, 3.05) is 13.1 Å². The summed E-state index contributed by atoms with van der Waals surface area (Å²) in [7, 11) is -0.448. The molecular formula is C20H28NP. The van der Waals surface area contributed by atoms with Crippen LogP contribution >= 0.6 is 8.07 Å². The first-order chi connectivity index (χ1) is 10.5. The fourth-order valence-corrected chi connectivity index (χ4v) is 5.69. The average molecular weight is 313 g/mol. The second-order valence-electron chi connectivity index (χ2n) is 6.03. The van der Waals surface area contributed by atoms with Crippen molar-refractivity contribution in [2.24, 2.45) is 0 Å². The predicted molar refractivity (Wildman–Crippen MR) is 101 cm³/mol. The zero-order valence-electron chi connectivity index (χ0n) is 14.8. The molecule has 2 aromatic rings. The van der Waals surface area contributed by atoms with Gasteiger partial charge in [0.25, 0.3) is 0 Å². The highest BCUT2D eigenvalue weighted by Gasteiger charge is 2.23. The summed E-state index contributed by atoms with van der Waals surface area (Å²) in [5.41, 5.74) is 5.52. The van der Waals surface area contributed by atoms with Gasteiger partial charge in [0.05, 0.1) is 0 Å². The molecule has 118 valence electrons. The van der Waals surface area contributed by atoms with Crippen LogP contribution in [0.2, 0.25) is 0 Å². The summed E-state index contributed by atoms with van der Waals surface area (Å²) in [4.78, 5) is 0. The highest BCUT2D eigenvalue weighted by atomic mass is 31.1. The lowest BCUT2D eigenvalue weighted by Gasteiger charge is -2.32. The van der Waals surface area contributed by atoms with Gasteiger partial charge in [0.1, 0.15) is 0 Å². The van der Waals surface area contributed by atoms with Crippen molar-refractivity contribution >= 4 is 18.7 Å². The Hall–Kier alpha value is -1.17. The molecule has 0 saturated heterocycles. The van der Waals surface area contributed by atoms with Crippen molar-refractivity contribution < 1.29 is 0 Å². The van der Waals surface area contributed by atoms with E-state index in [-0.39, 0.29) is 0 Å². The lowest BCUT2D eigenvalue weighted by molar-refractivity contribution is 0.514. The summed E-state index contributed by atoms with van der Waals surface area (Å²) < 4.78 is 2.62. The van der Waals surface area contributed by atoms with Crippen LogP contribution in [0.15, 0.2) is 36.4 Å². The van der Waals surface area contributed by atoms with Crippen LogP contribution in [0.4, 0.5) is 0 Å². The van der Waals surface area contributed by atoms with Gasteiger partial charge in [0.2, 0.25) is 0 Å². The van der Waals surface area contributed by atoms with Crippen LogP contribution in [0.3, 0.4) is 0 Å². The Morgan fingerprint density at radius 1 is 0.727 bits per heavy atom. The maximum atomic E-state index is 2.62. The van der Waals surface area contributed by atoms with Crippen LogP contribution in [0.25, 0.3) is 0 Å². The highest BCUT2D eigenvalue weighted by Crippen LogP contribution is 2.40. The van der Waals surface area contributed by atoms with Crippen molar-refractivity contribution in [2.45, 2.75) is 41.5 Å². The number of aryl methyl sites for hydroxylation is 4. The van der Waals surface area contributed by atoms with Crippen molar-refractivity contribution in [1.82, 2.24) is 4.67 Å². The summed E-state index contributed by atoms with van der Waals surface area (Å²) in [5.74, 6) is 0. The Labute approximate surface area is 137 Å². The van der Waals surface area contributed by atoms with Gasteiger partial charge in [-0.3, -0.25) is 4.67 Å². The van der Waals surface area contributed by atoms with Gasteiger partial charge in [0.15, 0.2) is 0 Å². The standard InChI is InChI=1S/C20H28NP/c1-7-21(8-2)22(19-11-9-15(3)13-17(19)5)20-12-10-16(4)14-18(20)6/h9-14H,7-8H2,1-6H3. The minimum atomic E-state index is -0.448. The van der Waals surface area contributed by atoms with Crippen LogP contribution in [-0.2, 0) is 0 Å². The number of benzene rings is 2. The molecule has 2 aromatic carbocycles. The van der Waals surface area contributed by atoms with E-state index >= 15 is 0 Å². The van der Waals surface area contributed by atoms with Gasteiger partial charge < -0.3 is 0 Å².